The first-order valence-corrected chi connectivity index (χ1v) is 11.9. The number of nitrogens with zero attached hydrogens (tertiary/aromatic N) is 4. The molecule has 1 aromatic carbocycles. The van der Waals surface area contributed by atoms with E-state index in [9.17, 15) is 5.11 Å². The summed E-state index contributed by atoms with van der Waals surface area (Å²) in [6.45, 7) is 4.07. The third-order valence-electron chi connectivity index (χ3n) is 6.44. The standard InChI is InChI=1S/C25H35N5O/c1-3-4-5-9-16-21(18(2)31)27-24-22-25(30(17-26-22)20-14-10-11-15-20)29-23(28-24)19-12-7-6-8-13-19/h6-8,12-13,17-18,20-21,31H,3-5,9-11,14-16H2,1-2H3,(H,27,28,29)/t18-,21+/m1/s1. The normalized spacial score (nSPS) is 16.6. The van der Waals surface area contributed by atoms with Crippen molar-refractivity contribution in [1.82, 2.24) is 19.5 Å². The van der Waals surface area contributed by atoms with E-state index in [-0.39, 0.29) is 6.04 Å². The fraction of sp³-hybridized carbons (Fsp3) is 0.560. The van der Waals surface area contributed by atoms with Crippen LogP contribution in [0.3, 0.4) is 0 Å². The van der Waals surface area contributed by atoms with Crippen LogP contribution in [0.5, 0.6) is 0 Å². The van der Waals surface area contributed by atoms with Gasteiger partial charge in [0.15, 0.2) is 17.3 Å². The zero-order valence-electron chi connectivity index (χ0n) is 18.8. The number of anilines is 1. The average Bonchev–Trinajstić information content (AvgIpc) is 3.46. The summed E-state index contributed by atoms with van der Waals surface area (Å²) < 4.78 is 2.24. The molecule has 0 amide bonds. The van der Waals surface area contributed by atoms with Crippen molar-refractivity contribution in [2.75, 3.05) is 5.32 Å². The van der Waals surface area contributed by atoms with Crippen LogP contribution in [0.15, 0.2) is 36.7 Å². The van der Waals surface area contributed by atoms with Crippen molar-refractivity contribution in [2.24, 2.45) is 0 Å². The van der Waals surface area contributed by atoms with Gasteiger partial charge in [0.1, 0.15) is 5.52 Å². The van der Waals surface area contributed by atoms with Crippen LogP contribution < -0.4 is 5.32 Å². The Kier molecular flexibility index (Phi) is 7.17. The highest BCUT2D eigenvalue weighted by Gasteiger charge is 2.24. The smallest absolute Gasteiger partial charge is 0.166 e. The van der Waals surface area contributed by atoms with E-state index in [1.807, 2.05) is 43.6 Å². The fourth-order valence-electron chi connectivity index (χ4n) is 4.58. The monoisotopic (exact) mass is 421 g/mol. The van der Waals surface area contributed by atoms with E-state index in [0.717, 1.165) is 35.4 Å². The second-order valence-electron chi connectivity index (χ2n) is 8.86. The Labute approximate surface area is 185 Å². The van der Waals surface area contributed by atoms with E-state index in [1.54, 1.807) is 0 Å². The predicted molar refractivity (Wildman–Crippen MR) is 126 cm³/mol. The number of nitrogens with one attached hydrogen (secondary N) is 1. The van der Waals surface area contributed by atoms with Gasteiger partial charge in [-0.15, -0.1) is 0 Å². The van der Waals surface area contributed by atoms with Gasteiger partial charge in [-0.3, -0.25) is 0 Å². The lowest BCUT2D eigenvalue weighted by Crippen LogP contribution is -2.32. The molecule has 6 nitrogen and oxygen atoms in total. The number of aliphatic hydroxyl groups is 1. The molecule has 166 valence electrons. The van der Waals surface area contributed by atoms with Crippen molar-refractivity contribution in [3.8, 4) is 11.4 Å². The van der Waals surface area contributed by atoms with E-state index in [1.165, 1.54) is 44.9 Å². The topological polar surface area (TPSA) is 75.9 Å². The Bertz CT molecular complexity index is 963. The zero-order chi connectivity index (χ0) is 21.6. The first-order valence-electron chi connectivity index (χ1n) is 11.9. The van der Waals surface area contributed by atoms with Gasteiger partial charge in [0.05, 0.1) is 18.5 Å². The lowest BCUT2D eigenvalue weighted by molar-refractivity contribution is 0.165. The van der Waals surface area contributed by atoms with Crippen molar-refractivity contribution in [2.45, 2.75) is 89.8 Å². The van der Waals surface area contributed by atoms with Gasteiger partial charge in [-0.25, -0.2) is 15.0 Å². The van der Waals surface area contributed by atoms with Crippen molar-refractivity contribution in [3.63, 3.8) is 0 Å². The quantitative estimate of drug-likeness (QED) is 0.408. The Morgan fingerprint density at radius 3 is 2.58 bits per heavy atom. The SMILES string of the molecule is CCCCCC[C@H](Nc1nc(-c2ccccc2)nc2c1ncn2C1CCCC1)[C@@H](C)O. The van der Waals surface area contributed by atoms with Gasteiger partial charge in [0.25, 0.3) is 0 Å². The molecule has 1 aliphatic rings. The molecular formula is C25H35N5O. The molecule has 2 atom stereocenters. The lowest BCUT2D eigenvalue weighted by atomic mass is 10.0. The largest absolute Gasteiger partial charge is 0.391 e. The van der Waals surface area contributed by atoms with Gasteiger partial charge in [0.2, 0.25) is 0 Å². The van der Waals surface area contributed by atoms with Crippen LogP contribution in [0.2, 0.25) is 0 Å². The highest BCUT2D eigenvalue weighted by molar-refractivity contribution is 5.85. The highest BCUT2D eigenvalue weighted by atomic mass is 16.3. The summed E-state index contributed by atoms with van der Waals surface area (Å²) in [4.78, 5) is 14.5. The minimum atomic E-state index is -0.469. The molecule has 1 fully saturated rings. The third kappa shape index (κ3) is 5.06. The minimum absolute atomic E-state index is 0.0600. The van der Waals surface area contributed by atoms with Crippen LogP contribution in [0.4, 0.5) is 5.82 Å². The van der Waals surface area contributed by atoms with Gasteiger partial charge >= 0.3 is 0 Å². The molecule has 31 heavy (non-hydrogen) atoms. The van der Waals surface area contributed by atoms with Crippen LogP contribution >= 0.6 is 0 Å². The molecule has 1 aliphatic carbocycles. The second kappa shape index (κ2) is 10.2. The number of benzene rings is 1. The fourth-order valence-corrected chi connectivity index (χ4v) is 4.58. The zero-order valence-corrected chi connectivity index (χ0v) is 18.8. The Hall–Kier alpha value is -2.47. The number of hydrogen-bond acceptors (Lipinski definition) is 5. The summed E-state index contributed by atoms with van der Waals surface area (Å²) >= 11 is 0. The molecule has 6 heteroatoms. The summed E-state index contributed by atoms with van der Waals surface area (Å²) in [5.74, 6) is 1.42. The van der Waals surface area contributed by atoms with Gasteiger partial charge in [-0.2, -0.15) is 0 Å². The van der Waals surface area contributed by atoms with Crippen molar-refractivity contribution >= 4 is 17.0 Å². The van der Waals surface area contributed by atoms with Crippen LogP contribution in [-0.2, 0) is 0 Å². The molecule has 0 spiro atoms. The number of fused-ring (bicyclic) bond motifs is 1. The van der Waals surface area contributed by atoms with Gasteiger partial charge < -0.3 is 15.0 Å². The molecule has 2 heterocycles. The maximum atomic E-state index is 10.4. The molecular weight excluding hydrogens is 386 g/mol. The minimum Gasteiger partial charge on any atom is -0.391 e. The van der Waals surface area contributed by atoms with E-state index in [2.05, 4.69) is 16.8 Å². The molecule has 0 radical (unpaired) electrons. The van der Waals surface area contributed by atoms with Crippen LogP contribution in [0.25, 0.3) is 22.6 Å². The molecule has 4 rings (SSSR count). The number of imidazole rings is 1. The summed E-state index contributed by atoms with van der Waals surface area (Å²) in [6.07, 6.45) is 11.9. The number of unbranched alkanes of at least 4 members (excludes halogenated alkanes) is 3. The van der Waals surface area contributed by atoms with Crippen molar-refractivity contribution < 1.29 is 5.11 Å². The second-order valence-corrected chi connectivity index (χ2v) is 8.86. The summed E-state index contributed by atoms with van der Waals surface area (Å²) in [6, 6.07) is 10.5. The lowest BCUT2D eigenvalue weighted by Gasteiger charge is -2.22. The Morgan fingerprint density at radius 1 is 1.10 bits per heavy atom. The van der Waals surface area contributed by atoms with Crippen LogP contribution in [0.1, 0.15) is 77.7 Å². The van der Waals surface area contributed by atoms with Gasteiger partial charge in [-0.05, 0) is 26.2 Å². The highest BCUT2D eigenvalue weighted by Crippen LogP contribution is 2.34. The molecule has 2 N–H and O–H groups in total. The van der Waals surface area contributed by atoms with Crippen molar-refractivity contribution in [1.29, 1.82) is 0 Å². The molecule has 0 bridgehead atoms. The molecule has 0 saturated heterocycles. The molecule has 0 unspecified atom stereocenters. The van der Waals surface area contributed by atoms with Crippen molar-refractivity contribution in [3.05, 3.63) is 36.7 Å². The molecule has 1 saturated carbocycles. The average molecular weight is 422 g/mol. The van der Waals surface area contributed by atoms with E-state index in [0.29, 0.717) is 11.9 Å². The van der Waals surface area contributed by atoms with Gasteiger partial charge in [-0.1, -0.05) is 75.8 Å². The number of hydrogen-bond donors (Lipinski definition) is 2. The predicted octanol–water partition coefficient (Wildman–Crippen LogP) is 5.74. The van der Waals surface area contributed by atoms with E-state index < -0.39 is 6.10 Å². The Balaban J connectivity index is 1.70. The number of aliphatic hydroxyl groups excluding tert-OH is 1. The molecule has 0 aliphatic heterocycles. The first kappa shape index (κ1) is 21.8. The summed E-state index contributed by atoms with van der Waals surface area (Å²) in [7, 11) is 0. The Morgan fingerprint density at radius 2 is 1.87 bits per heavy atom. The summed E-state index contributed by atoms with van der Waals surface area (Å²) in [5.41, 5.74) is 2.67. The van der Waals surface area contributed by atoms with Crippen LogP contribution in [-0.4, -0.2) is 36.8 Å². The maximum absolute atomic E-state index is 10.4. The maximum Gasteiger partial charge on any atom is 0.166 e. The van der Waals surface area contributed by atoms with Crippen LogP contribution in [0, 0.1) is 0 Å². The molecule has 3 aromatic rings. The third-order valence-corrected chi connectivity index (χ3v) is 6.44. The first-order chi connectivity index (χ1) is 15.2. The van der Waals surface area contributed by atoms with E-state index >= 15 is 0 Å². The molecule has 2 aromatic heterocycles. The van der Waals surface area contributed by atoms with Gasteiger partial charge in [0, 0.05) is 11.6 Å². The number of aromatic nitrogens is 4. The van der Waals surface area contributed by atoms with E-state index in [4.69, 9.17) is 15.0 Å². The number of rotatable bonds is 10. The summed E-state index contributed by atoms with van der Waals surface area (Å²) in [5, 5.41) is 14.0.